The fraction of sp³-hybridized carbons (Fsp3) is 1.00. The van der Waals surface area contributed by atoms with Gasteiger partial charge in [-0.2, -0.15) is 0 Å². The van der Waals surface area contributed by atoms with Crippen molar-refractivity contribution in [3.63, 3.8) is 0 Å². The van der Waals surface area contributed by atoms with Crippen LogP contribution < -0.4 is 0 Å². The average molecular weight is 220 g/mol. The van der Waals surface area contributed by atoms with Crippen LogP contribution in [0.5, 0.6) is 0 Å². The predicted molar refractivity (Wildman–Crippen MR) is 57.4 cm³/mol. The molecule has 3 nitrogen and oxygen atoms in total. The smallest absolute Gasteiger partial charge is 0.345 e. The summed E-state index contributed by atoms with van der Waals surface area (Å²) in [6.07, 6.45) is 1.11. The van der Waals surface area contributed by atoms with E-state index in [1.807, 2.05) is 13.8 Å². The molecule has 1 fully saturated rings. The summed E-state index contributed by atoms with van der Waals surface area (Å²) in [5.41, 5.74) is 0. The van der Waals surface area contributed by atoms with Crippen molar-refractivity contribution in [1.82, 2.24) is 0 Å². The molecule has 1 atom stereocenters. The van der Waals surface area contributed by atoms with Crippen LogP contribution in [0.25, 0.3) is 0 Å². The van der Waals surface area contributed by atoms with Crippen molar-refractivity contribution in [2.75, 3.05) is 19.8 Å². The first-order chi connectivity index (χ1) is 6.25. The lowest BCUT2D eigenvalue weighted by Gasteiger charge is -2.37. The van der Waals surface area contributed by atoms with E-state index in [1.54, 1.807) is 0 Å². The molecule has 0 saturated carbocycles. The molecule has 0 spiro atoms. The van der Waals surface area contributed by atoms with Crippen molar-refractivity contribution in [3.8, 4) is 0 Å². The van der Waals surface area contributed by atoms with Gasteiger partial charge in [0.1, 0.15) is 0 Å². The van der Waals surface area contributed by atoms with Gasteiger partial charge in [0.2, 0.25) is 8.56 Å². The lowest BCUT2D eigenvalue weighted by atomic mass is 10.5. The third-order valence-corrected chi connectivity index (χ3v) is 13.1. The second kappa shape index (κ2) is 5.26. The van der Waals surface area contributed by atoms with Crippen molar-refractivity contribution < 1.29 is 13.3 Å². The molecule has 1 aliphatic rings. The first-order valence-corrected chi connectivity index (χ1v) is 10.6. The van der Waals surface area contributed by atoms with Crippen molar-refractivity contribution in [2.45, 2.75) is 32.9 Å². The van der Waals surface area contributed by atoms with Crippen LogP contribution in [0.2, 0.25) is 12.6 Å². The van der Waals surface area contributed by atoms with Gasteiger partial charge in [0, 0.05) is 19.8 Å². The molecule has 13 heavy (non-hydrogen) atoms. The maximum absolute atomic E-state index is 5.88. The Labute approximate surface area is 83.1 Å². The summed E-state index contributed by atoms with van der Waals surface area (Å²) in [6, 6.07) is 1.14. The van der Waals surface area contributed by atoms with Crippen LogP contribution in [0.15, 0.2) is 0 Å². The summed E-state index contributed by atoms with van der Waals surface area (Å²) in [6.45, 7) is 8.77. The largest absolute Gasteiger partial charge is 0.418 e. The zero-order valence-corrected chi connectivity index (χ0v) is 11.0. The Bertz CT molecular complexity index is 143. The fourth-order valence-corrected chi connectivity index (χ4v) is 10.8. The van der Waals surface area contributed by atoms with Crippen LogP contribution >= 0.6 is 0 Å². The Morgan fingerprint density at radius 3 is 2.38 bits per heavy atom. The summed E-state index contributed by atoms with van der Waals surface area (Å²) in [5.74, 6) is 0. The van der Waals surface area contributed by atoms with Gasteiger partial charge in [-0.15, -0.1) is 0 Å². The minimum Gasteiger partial charge on any atom is -0.418 e. The van der Waals surface area contributed by atoms with Crippen molar-refractivity contribution in [3.05, 3.63) is 0 Å². The van der Waals surface area contributed by atoms with Crippen molar-refractivity contribution >= 4 is 16.6 Å². The van der Waals surface area contributed by atoms with Gasteiger partial charge in [-0.3, -0.25) is 0 Å². The highest BCUT2D eigenvalue weighted by Crippen LogP contribution is 2.24. The molecule has 0 amide bonds. The molecule has 0 radical (unpaired) electrons. The fourth-order valence-electron chi connectivity index (χ4n) is 1.82. The second-order valence-corrected chi connectivity index (χ2v) is 12.7. The molecule has 1 aliphatic heterocycles. The van der Waals surface area contributed by atoms with Gasteiger partial charge in [0.15, 0.2) is 0 Å². The molecule has 1 unspecified atom stereocenters. The molecule has 0 aliphatic carbocycles. The van der Waals surface area contributed by atoms with Crippen molar-refractivity contribution in [2.24, 2.45) is 0 Å². The molecule has 0 N–H and O–H groups in total. The minimum atomic E-state index is -1.87. The van der Waals surface area contributed by atoms with E-state index in [9.17, 15) is 0 Å². The van der Waals surface area contributed by atoms with Crippen LogP contribution in [0, 0.1) is 0 Å². The Hall–Kier alpha value is 0.314. The SMILES string of the molecule is CCO[Si]1(OCC)CCCO[SiH]1C. The third kappa shape index (κ3) is 2.63. The molecular formula is C8H20O3Si2. The van der Waals surface area contributed by atoms with Gasteiger partial charge in [0.25, 0.3) is 0 Å². The highest BCUT2D eigenvalue weighted by molar-refractivity contribution is 7.24. The molecular weight excluding hydrogens is 200 g/mol. The summed E-state index contributed by atoms with van der Waals surface area (Å²) in [4.78, 5) is 0. The highest BCUT2D eigenvalue weighted by Gasteiger charge is 2.47. The van der Waals surface area contributed by atoms with Gasteiger partial charge in [-0.25, -0.2) is 0 Å². The van der Waals surface area contributed by atoms with E-state index >= 15 is 0 Å². The van der Waals surface area contributed by atoms with E-state index in [-0.39, 0.29) is 0 Å². The monoisotopic (exact) mass is 220 g/mol. The lowest BCUT2D eigenvalue weighted by Crippen LogP contribution is -2.59. The maximum atomic E-state index is 5.88. The van der Waals surface area contributed by atoms with E-state index in [4.69, 9.17) is 13.3 Å². The van der Waals surface area contributed by atoms with E-state index in [0.717, 1.165) is 32.3 Å². The van der Waals surface area contributed by atoms with Gasteiger partial charge in [0.05, 0.1) is 0 Å². The van der Waals surface area contributed by atoms with Gasteiger partial charge < -0.3 is 13.3 Å². The first-order valence-electron chi connectivity index (χ1n) is 5.14. The normalized spacial score (nSPS) is 27.5. The zero-order valence-electron chi connectivity index (χ0n) is 8.84. The topological polar surface area (TPSA) is 27.7 Å². The molecule has 1 heterocycles. The zero-order chi connectivity index (χ0) is 9.73. The van der Waals surface area contributed by atoms with Gasteiger partial charge >= 0.3 is 8.08 Å². The second-order valence-electron chi connectivity index (χ2n) is 3.29. The van der Waals surface area contributed by atoms with Gasteiger partial charge in [-0.1, -0.05) is 0 Å². The molecule has 78 valence electrons. The summed E-state index contributed by atoms with van der Waals surface area (Å²) in [7, 11) is -3.06. The van der Waals surface area contributed by atoms with E-state index in [1.165, 1.54) is 0 Å². The molecule has 0 aromatic heterocycles. The van der Waals surface area contributed by atoms with Crippen LogP contribution in [-0.4, -0.2) is 36.5 Å². The van der Waals surface area contributed by atoms with Crippen LogP contribution in [0.4, 0.5) is 0 Å². The molecule has 0 bridgehead atoms. The standard InChI is InChI=1S/C8H20O3Si2/c1-4-10-13(11-5-2)8-6-7-9-12(13)3/h12H,4-8H2,1-3H3. The predicted octanol–water partition coefficient (Wildman–Crippen LogP) is 1.35. The Morgan fingerprint density at radius 1 is 1.31 bits per heavy atom. The van der Waals surface area contributed by atoms with Gasteiger partial charge in [-0.05, 0) is 32.9 Å². The Balaban J connectivity index is 2.61. The van der Waals surface area contributed by atoms with Crippen LogP contribution in [0.1, 0.15) is 20.3 Å². The Kier molecular flexibility index (Phi) is 4.61. The maximum Gasteiger partial charge on any atom is 0.345 e. The van der Waals surface area contributed by atoms with E-state index in [0.29, 0.717) is 0 Å². The van der Waals surface area contributed by atoms with Crippen LogP contribution in [-0.2, 0) is 13.3 Å². The minimum absolute atomic E-state index is 0.771. The summed E-state index contributed by atoms with van der Waals surface area (Å²) in [5, 5.41) is 0. The highest BCUT2D eigenvalue weighted by atomic mass is 29.3. The summed E-state index contributed by atoms with van der Waals surface area (Å²) >= 11 is 0. The van der Waals surface area contributed by atoms with Crippen molar-refractivity contribution in [1.29, 1.82) is 0 Å². The molecule has 5 heteroatoms. The summed E-state index contributed by atoms with van der Waals surface area (Å²) < 4.78 is 17.5. The molecule has 1 saturated heterocycles. The Morgan fingerprint density at radius 2 is 1.92 bits per heavy atom. The quantitative estimate of drug-likeness (QED) is 0.670. The lowest BCUT2D eigenvalue weighted by molar-refractivity contribution is 0.177. The van der Waals surface area contributed by atoms with Crippen LogP contribution in [0.3, 0.4) is 0 Å². The average Bonchev–Trinajstić information content (AvgIpc) is 2.11. The van der Waals surface area contributed by atoms with E-state index in [2.05, 4.69) is 6.55 Å². The molecule has 0 aromatic carbocycles. The first kappa shape index (κ1) is 11.4. The molecule has 0 aromatic rings. The number of hydrogen-bond donors (Lipinski definition) is 0. The third-order valence-electron chi connectivity index (χ3n) is 2.43. The number of rotatable bonds is 4. The molecule has 1 rings (SSSR count). The number of hydrogen-bond acceptors (Lipinski definition) is 3. The van der Waals surface area contributed by atoms with E-state index < -0.39 is 16.6 Å².